The predicted octanol–water partition coefficient (Wildman–Crippen LogP) is 4.99. The highest BCUT2D eigenvalue weighted by Crippen LogP contribution is 2.37. The van der Waals surface area contributed by atoms with Crippen molar-refractivity contribution in [1.29, 1.82) is 0 Å². The highest BCUT2D eigenvalue weighted by atomic mass is 19.4. The Morgan fingerprint density at radius 1 is 1.00 bits per heavy atom. The first-order valence-electron chi connectivity index (χ1n) is 10.4. The monoisotopic (exact) mass is 429 g/mol. The molecule has 2 heterocycles. The molecule has 1 aliphatic heterocycles. The van der Waals surface area contributed by atoms with Gasteiger partial charge in [0.05, 0.1) is 22.5 Å². The summed E-state index contributed by atoms with van der Waals surface area (Å²) in [6.45, 7) is 5.91. The minimum atomic E-state index is -4.41. The van der Waals surface area contributed by atoms with Gasteiger partial charge in [0.1, 0.15) is 0 Å². The summed E-state index contributed by atoms with van der Waals surface area (Å²) in [4.78, 5) is 2.22. The SMILES string of the molecule is Cc1cc(C)n(-c2cccc(CN3CCC(O)(c4cccc(C(F)(F)F)c4)CC3)c2)n1. The topological polar surface area (TPSA) is 41.3 Å². The van der Waals surface area contributed by atoms with E-state index in [2.05, 4.69) is 22.1 Å². The molecular weight excluding hydrogens is 403 g/mol. The lowest BCUT2D eigenvalue weighted by atomic mass is 9.83. The van der Waals surface area contributed by atoms with Crippen molar-refractivity contribution in [1.82, 2.24) is 14.7 Å². The van der Waals surface area contributed by atoms with Crippen molar-refractivity contribution in [3.63, 3.8) is 0 Å². The number of likely N-dealkylation sites (tertiary alicyclic amines) is 1. The maximum atomic E-state index is 13.0. The Balaban J connectivity index is 1.44. The van der Waals surface area contributed by atoms with Crippen molar-refractivity contribution in [3.05, 3.63) is 82.7 Å². The van der Waals surface area contributed by atoms with Crippen LogP contribution in [0.2, 0.25) is 0 Å². The number of rotatable bonds is 4. The minimum absolute atomic E-state index is 0.341. The van der Waals surface area contributed by atoms with Gasteiger partial charge in [-0.3, -0.25) is 4.90 Å². The fraction of sp³-hybridized carbons (Fsp3) is 0.375. The molecule has 0 saturated carbocycles. The van der Waals surface area contributed by atoms with Gasteiger partial charge in [-0.2, -0.15) is 18.3 Å². The molecule has 1 saturated heterocycles. The summed E-state index contributed by atoms with van der Waals surface area (Å²) in [5.41, 5.74) is 2.56. The van der Waals surface area contributed by atoms with E-state index < -0.39 is 17.3 Å². The third kappa shape index (κ3) is 4.67. The normalized spacial score (nSPS) is 17.1. The third-order valence-corrected chi connectivity index (χ3v) is 5.98. The second-order valence-corrected chi connectivity index (χ2v) is 8.40. The van der Waals surface area contributed by atoms with Gasteiger partial charge in [-0.15, -0.1) is 0 Å². The molecule has 3 aromatic rings. The molecule has 1 fully saturated rings. The molecule has 0 atom stereocenters. The summed E-state index contributed by atoms with van der Waals surface area (Å²) in [6, 6.07) is 15.3. The molecule has 1 N–H and O–H groups in total. The summed E-state index contributed by atoms with van der Waals surface area (Å²) in [5.74, 6) is 0. The van der Waals surface area contributed by atoms with Crippen molar-refractivity contribution in [2.24, 2.45) is 0 Å². The van der Waals surface area contributed by atoms with Crippen molar-refractivity contribution in [3.8, 4) is 5.69 Å². The number of hydrogen-bond donors (Lipinski definition) is 1. The molecule has 4 nitrogen and oxygen atoms in total. The summed E-state index contributed by atoms with van der Waals surface area (Å²) in [6.07, 6.45) is -3.62. The molecule has 2 aromatic carbocycles. The van der Waals surface area contributed by atoms with Gasteiger partial charge >= 0.3 is 6.18 Å². The molecule has 7 heteroatoms. The van der Waals surface area contributed by atoms with Gasteiger partial charge in [-0.05, 0) is 68.1 Å². The lowest BCUT2D eigenvalue weighted by Gasteiger charge is -2.38. The van der Waals surface area contributed by atoms with E-state index in [0.717, 1.165) is 34.8 Å². The fourth-order valence-corrected chi connectivity index (χ4v) is 4.29. The van der Waals surface area contributed by atoms with Crippen molar-refractivity contribution < 1.29 is 18.3 Å². The maximum absolute atomic E-state index is 13.0. The molecule has 0 aliphatic carbocycles. The first kappa shape index (κ1) is 21.6. The fourth-order valence-electron chi connectivity index (χ4n) is 4.29. The average Bonchev–Trinajstić information content (AvgIpc) is 3.08. The van der Waals surface area contributed by atoms with E-state index >= 15 is 0 Å². The molecule has 4 rings (SSSR count). The van der Waals surface area contributed by atoms with Crippen LogP contribution < -0.4 is 0 Å². The predicted molar refractivity (Wildman–Crippen MR) is 113 cm³/mol. The van der Waals surface area contributed by atoms with Crippen LogP contribution in [0.4, 0.5) is 13.2 Å². The quantitative estimate of drug-likeness (QED) is 0.635. The number of piperidine rings is 1. The smallest absolute Gasteiger partial charge is 0.385 e. The number of halogens is 3. The summed E-state index contributed by atoms with van der Waals surface area (Å²) in [7, 11) is 0. The van der Waals surface area contributed by atoms with Crippen LogP contribution in [0.25, 0.3) is 5.69 Å². The first-order chi connectivity index (χ1) is 14.6. The number of nitrogens with zero attached hydrogens (tertiary/aromatic N) is 3. The van der Waals surface area contributed by atoms with Crippen molar-refractivity contribution in [2.75, 3.05) is 13.1 Å². The minimum Gasteiger partial charge on any atom is -0.385 e. The van der Waals surface area contributed by atoms with Crippen LogP contribution in [0, 0.1) is 13.8 Å². The molecule has 164 valence electrons. The average molecular weight is 429 g/mol. The van der Waals surface area contributed by atoms with Gasteiger partial charge < -0.3 is 5.11 Å². The van der Waals surface area contributed by atoms with Crippen LogP contribution >= 0.6 is 0 Å². The van der Waals surface area contributed by atoms with Gasteiger partial charge in [0.2, 0.25) is 0 Å². The van der Waals surface area contributed by atoms with E-state index in [0.29, 0.717) is 38.0 Å². The molecule has 0 amide bonds. The van der Waals surface area contributed by atoms with Gasteiger partial charge in [0.15, 0.2) is 0 Å². The molecule has 31 heavy (non-hydrogen) atoms. The number of hydrogen-bond acceptors (Lipinski definition) is 3. The van der Waals surface area contributed by atoms with Crippen LogP contribution in [0.1, 0.15) is 40.9 Å². The third-order valence-electron chi connectivity index (χ3n) is 5.98. The summed E-state index contributed by atoms with van der Waals surface area (Å²) in [5, 5.41) is 15.6. The van der Waals surface area contributed by atoms with E-state index in [1.807, 2.05) is 36.7 Å². The zero-order valence-electron chi connectivity index (χ0n) is 17.7. The number of aryl methyl sites for hydroxylation is 2. The van der Waals surface area contributed by atoms with Crippen LogP contribution in [0.15, 0.2) is 54.6 Å². The van der Waals surface area contributed by atoms with Crippen LogP contribution in [-0.2, 0) is 18.3 Å². The van der Waals surface area contributed by atoms with Gasteiger partial charge in [-0.1, -0.05) is 24.3 Å². The maximum Gasteiger partial charge on any atom is 0.416 e. The number of alkyl halides is 3. The Labute approximate surface area is 179 Å². The second kappa shape index (κ2) is 8.13. The highest BCUT2D eigenvalue weighted by molar-refractivity contribution is 5.37. The van der Waals surface area contributed by atoms with E-state index in [1.165, 1.54) is 6.07 Å². The second-order valence-electron chi connectivity index (χ2n) is 8.40. The van der Waals surface area contributed by atoms with Gasteiger partial charge in [-0.25, -0.2) is 4.68 Å². The van der Waals surface area contributed by atoms with Gasteiger partial charge in [0.25, 0.3) is 0 Å². The van der Waals surface area contributed by atoms with Crippen molar-refractivity contribution in [2.45, 2.75) is 45.0 Å². The Hall–Kier alpha value is -2.64. The van der Waals surface area contributed by atoms with E-state index in [4.69, 9.17) is 0 Å². The summed E-state index contributed by atoms with van der Waals surface area (Å²) >= 11 is 0. The summed E-state index contributed by atoms with van der Waals surface area (Å²) < 4.78 is 41.1. The molecular formula is C24H26F3N3O. The molecule has 0 spiro atoms. The Kier molecular flexibility index (Phi) is 5.66. The van der Waals surface area contributed by atoms with Gasteiger partial charge in [0, 0.05) is 25.3 Å². The Bertz CT molecular complexity index is 1070. The molecule has 1 aliphatic rings. The highest BCUT2D eigenvalue weighted by Gasteiger charge is 2.37. The zero-order chi connectivity index (χ0) is 22.2. The molecule has 1 aromatic heterocycles. The number of aliphatic hydroxyl groups is 1. The van der Waals surface area contributed by atoms with Crippen LogP contribution in [-0.4, -0.2) is 32.9 Å². The molecule has 0 radical (unpaired) electrons. The largest absolute Gasteiger partial charge is 0.416 e. The van der Waals surface area contributed by atoms with Crippen LogP contribution in [0.5, 0.6) is 0 Å². The van der Waals surface area contributed by atoms with Crippen molar-refractivity contribution >= 4 is 0 Å². The number of aromatic nitrogens is 2. The number of benzene rings is 2. The zero-order valence-corrected chi connectivity index (χ0v) is 17.7. The first-order valence-corrected chi connectivity index (χ1v) is 10.4. The standard InChI is InChI=1S/C24H26F3N3O/c1-17-13-18(2)30(28-17)22-8-3-5-19(14-22)16-29-11-9-23(31,10-12-29)20-6-4-7-21(15-20)24(25,26)27/h3-8,13-15,31H,9-12,16H2,1-2H3. The Morgan fingerprint density at radius 3 is 2.35 bits per heavy atom. The van der Waals surface area contributed by atoms with E-state index in [1.54, 1.807) is 6.07 Å². The molecule has 0 unspecified atom stereocenters. The lowest BCUT2D eigenvalue weighted by Crippen LogP contribution is -2.42. The van der Waals surface area contributed by atoms with Crippen LogP contribution in [0.3, 0.4) is 0 Å². The molecule has 0 bridgehead atoms. The van der Waals surface area contributed by atoms with E-state index in [-0.39, 0.29) is 0 Å². The Morgan fingerprint density at radius 2 is 1.71 bits per heavy atom. The van der Waals surface area contributed by atoms with E-state index in [9.17, 15) is 18.3 Å². The lowest BCUT2D eigenvalue weighted by molar-refractivity contribution is -0.137.